The van der Waals surface area contributed by atoms with Crippen LogP contribution in [0.2, 0.25) is 0 Å². The largest absolute Gasteiger partial charge is 0.342 e. The Morgan fingerprint density at radius 1 is 1.12 bits per heavy atom. The van der Waals surface area contributed by atoms with Crippen molar-refractivity contribution in [1.82, 2.24) is 9.88 Å². The standard InChI is InChI=1S/C18H19FN2O3S2/c19-14-1-3-16(4-2-14)26(23,24)17-7-11-21(12-8-17)18(22)13-25-15-5-9-20-10-6-15/h1-6,9-10,17H,7-8,11-13H2. The number of pyridine rings is 1. The molecule has 0 spiro atoms. The highest BCUT2D eigenvalue weighted by atomic mass is 32.2. The Hall–Kier alpha value is -1.93. The minimum absolute atomic E-state index is 0.00411. The summed E-state index contributed by atoms with van der Waals surface area (Å²) in [6.07, 6.45) is 4.15. The summed E-state index contributed by atoms with van der Waals surface area (Å²) in [5, 5.41) is -0.537. The smallest absolute Gasteiger partial charge is 0.232 e. The lowest BCUT2D eigenvalue weighted by Gasteiger charge is -2.31. The summed E-state index contributed by atoms with van der Waals surface area (Å²) in [6, 6.07) is 8.60. The van der Waals surface area contributed by atoms with Crippen molar-refractivity contribution in [2.75, 3.05) is 18.8 Å². The van der Waals surface area contributed by atoms with Gasteiger partial charge in [0.25, 0.3) is 0 Å². The monoisotopic (exact) mass is 394 g/mol. The van der Waals surface area contributed by atoms with Gasteiger partial charge in [0.05, 0.1) is 15.9 Å². The minimum Gasteiger partial charge on any atom is -0.342 e. The molecular weight excluding hydrogens is 375 g/mol. The van der Waals surface area contributed by atoms with E-state index in [1.54, 1.807) is 17.3 Å². The number of amides is 1. The number of piperidine rings is 1. The van der Waals surface area contributed by atoms with Crippen LogP contribution in [0, 0.1) is 5.82 Å². The first kappa shape index (κ1) is 18.8. The molecule has 2 heterocycles. The predicted octanol–water partition coefficient (Wildman–Crippen LogP) is 2.78. The van der Waals surface area contributed by atoms with Gasteiger partial charge in [0.15, 0.2) is 9.84 Å². The molecule has 1 fully saturated rings. The van der Waals surface area contributed by atoms with E-state index in [2.05, 4.69) is 4.98 Å². The number of nitrogens with zero attached hydrogens (tertiary/aromatic N) is 2. The Balaban J connectivity index is 1.55. The van der Waals surface area contributed by atoms with Crippen molar-refractivity contribution in [3.05, 3.63) is 54.6 Å². The molecule has 1 aliphatic rings. The molecule has 3 rings (SSSR count). The van der Waals surface area contributed by atoms with E-state index in [9.17, 15) is 17.6 Å². The topological polar surface area (TPSA) is 67.3 Å². The molecule has 1 saturated heterocycles. The van der Waals surface area contributed by atoms with E-state index < -0.39 is 20.9 Å². The van der Waals surface area contributed by atoms with Crippen LogP contribution in [0.25, 0.3) is 0 Å². The number of carbonyl (C=O) groups is 1. The van der Waals surface area contributed by atoms with Gasteiger partial charge in [0, 0.05) is 30.4 Å². The molecule has 1 aliphatic heterocycles. The number of carbonyl (C=O) groups excluding carboxylic acids is 1. The highest BCUT2D eigenvalue weighted by Crippen LogP contribution is 2.25. The summed E-state index contributed by atoms with van der Waals surface area (Å²) in [7, 11) is -3.50. The molecular formula is C18H19FN2O3S2. The van der Waals surface area contributed by atoms with E-state index in [0.29, 0.717) is 31.7 Å². The molecule has 0 saturated carbocycles. The molecule has 0 N–H and O–H groups in total. The zero-order valence-electron chi connectivity index (χ0n) is 14.0. The van der Waals surface area contributed by atoms with Gasteiger partial charge in [-0.05, 0) is 49.2 Å². The number of likely N-dealkylation sites (tertiary alicyclic amines) is 1. The average molecular weight is 394 g/mol. The lowest BCUT2D eigenvalue weighted by Crippen LogP contribution is -2.43. The SMILES string of the molecule is O=C(CSc1ccncc1)N1CCC(S(=O)(=O)c2ccc(F)cc2)CC1. The van der Waals surface area contributed by atoms with E-state index >= 15 is 0 Å². The molecule has 26 heavy (non-hydrogen) atoms. The fourth-order valence-electron chi connectivity index (χ4n) is 2.90. The molecule has 0 bridgehead atoms. The Morgan fingerprint density at radius 3 is 2.35 bits per heavy atom. The van der Waals surface area contributed by atoms with E-state index in [-0.39, 0.29) is 10.8 Å². The zero-order valence-corrected chi connectivity index (χ0v) is 15.7. The summed E-state index contributed by atoms with van der Waals surface area (Å²) >= 11 is 1.44. The van der Waals surface area contributed by atoms with Gasteiger partial charge in [-0.25, -0.2) is 12.8 Å². The molecule has 0 atom stereocenters. The number of benzene rings is 1. The number of sulfone groups is 1. The fourth-order valence-corrected chi connectivity index (χ4v) is 5.42. The second kappa shape index (κ2) is 8.18. The first-order valence-electron chi connectivity index (χ1n) is 8.27. The minimum atomic E-state index is -3.50. The van der Waals surface area contributed by atoms with Crippen LogP contribution in [0.1, 0.15) is 12.8 Å². The van der Waals surface area contributed by atoms with Gasteiger partial charge in [-0.3, -0.25) is 9.78 Å². The molecule has 1 amide bonds. The van der Waals surface area contributed by atoms with Crippen molar-refractivity contribution < 1.29 is 17.6 Å². The van der Waals surface area contributed by atoms with Crippen LogP contribution < -0.4 is 0 Å². The van der Waals surface area contributed by atoms with Crippen molar-refractivity contribution in [3.8, 4) is 0 Å². The first-order chi connectivity index (χ1) is 12.5. The number of rotatable bonds is 5. The van der Waals surface area contributed by atoms with E-state index in [1.165, 1.54) is 23.9 Å². The van der Waals surface area contributed by atoms with E-state index in [1.807, 2.05) is 12.1 Å². The lowest BCUT2D eigenvalue weighted by atomic mass is 10.1. The lowest BCUT2D eigenvalue weighted by molar-refractivity contribution is -0.129. The molecule has 2 aromatic rings. The van der Waals surface area contributed by atoms with Crippen LogP contribution >= 0.6 is 11.8 Å². The third-order valence-electron chi connectivity index (χ3n) is 4.39. The van der Waals surface area contributed by atoms with Crippen molar-refractivity contribution in [2.45, 2.75) is 27.9 Å². The summed E-state index contributed by atoms with van der Waals surface area (Å²) in [5.74, 6) is -0.139. The number of thioether (sulfide) groups is 1. The average Bonchev–Trinajstić information content (AvgIpc) is 2.67. The zero-order chi connectivity index (χ0) is 18.6. The summed E-state index contributed by atoms with van der Waals surface area (Å²) < 4.78 is 38.3. The maximum atomic E-state index is 13.0. The summed E-state index contributed by atoms with van der Waals surface area (Å²) in [6.45, 7) is 0.835. The van der Waals surface area contributed by atoms with Gasteiger partial charge in [0.1, 0.15) is 5.82 Å². The Bertz CT molecular complexity index is 850. The Kier molecular flexibility index (Phi) is 5.93. The third kappa shape index (κ3) is 4.42. The van der Waals surface area contributed by atoms with E-state index in [4.69, 9.17) is 0 Å². The van der Waals surface area contributed by atoms with Crippen molar-refractivity contribution in [1.29, 1.82) is 0 Å². The summed E-state index contributed by atoms with van der Waals surface area (Å²) in [4.78, 5) is 19.1. The maximum Gasteiger partial charge on any atom is 0.232 e. The molecule has 0 unspecified atom stereocenters. The van der Waals surface area contributed by atoms with Crippen molar-refractivity contribution in [3.63, 3.8) is 0 Å². The van der Waals surface area contributed by atoms with Crippen LogP contribution in [-0.2, 0) is 14.6 Å². The molecule has 0 aliphatic carbocycles. The predicted molar refractivity (Wildman–Crippen MR) is 98.1 cm³/mol. The fraction of sp³-hybridized carbons (Fsp3) is 0.333. The van der Waals surface area contributed by atoms with Gasteiger partial charge >= 0.3 is 0 Å². The quantitative estimate of drug-likeness (QED) is 0.576. The summed E-state index contributed by atoms with van der Waals surface area (Å²) in [5.41, 5.74) is 0. The van der Waals surface area contributed by atoms with Crippen LogP contribution in [-0.4, -0.2) is 48.3 Å². The second-order valence-electron chi connectivity index (χ2n) is 6.05. The highest BCUT2D eigenvalue weighted by molar-refractivity contribution is 8.00. The Labute approximate surface area is 156 Å². The number of hydrogen-bond donors (Lipinski definition) is 0. The van der Waals surface area contributed by atoms with Crippen molar-refractivity contribution in [2.24, 2.45) is 0 Å². The van der Waals surface area contributed by atoms with Crippen LogP contribution in [0.4, 0.5) is 4.39 Å². The van der Waals surface area contributed by atoms with Crippen LogP contribution in [0.3, 0.4) is 0 Å². The number of hydrogen-bond acceptors (Lipinski definition) is 5. The normalized spacial score (nSPS) is 15.8. The molecule has 138 valence electrons. The molecule has 1 aromatic carbocycles. The molecule has 0 radical (unpaired) electrons. The molecule has 5 nitrogen and oxygen atoms in total. The molecule has 8 heteroatoms. The molecule has 1 aromatic heterocycles. The van der Waals surface area contributed by atoms with Gasteiger partial charge in [-0.15, -0.1) is 11.8 Å². The maximum absolute atomic E-state index is 13.0. The Morgan fingerprint density at radius 2 is 1.73 bits per heavy atom. The van der Waals surface area contributed by atoms with Gasteiger partial charge in [-0.2, -0.15) is 0 Å². The van der Waals surface area contributed by atoms with Crippen molar-refractivity contribution >= 4 is 27.5 Å². The number of aromatic nitrogens is 1. The first-order valence-corrected chi connectivity index (χ1v) is 10.8. The number of halogens is 1. The van der Waals surface area contributed by atoms with Gasteiger partial charge in [0.2, 0.25) is 5.91 Å². The van der Waals surface area contributed by atoms with Crippen LogP contribution in [0.5, 0.6) is 0 Å². The highest BCUT2D eigenvalue weighted by Gasteiger charge is 2.32. The second-order valence-corrected chi connectivity index (χ2v) is 9.33. The van der Waals surface area contributed by atoms with Gasteiger partial charge in [-0.1, -0.05) is 0 Å². The third-order valence-corrected chi connectivity index (χ3v) is 7.66. The van der Waals surface area contributed by atoms with Crippen LogP contribution in [0.15, 0.2) is 58.6 Å². The van der Waals surface area contributed by atoms with Gasteiger partial charge < -0.3 is 4.90 Å². The van der Waals surface area contributed by atoms with E-state index in [0.717, 1.165) is 17.0 Å².